The minimum Gasteiger partial charge on any atom is -0.423 e. The highest BCUT2D eigenvalue weighted by atomic mass is 16.5. The Hall–Kier alpha value is -6.46. The Morgan fingerprint density at radius 2 is 0.809 bits per heavy atom. The number of nitrogens with zero attached hydrogens (tertiary/aromatic N) is 1. The number of hydrogen-bond acceptors (Lipinski definition) is 5. The zero-order valence-electron chi connectivity index (χ0n) is 25.6. The van der Waals surface area contributed by atoms with Gasteiger partial charge in [0.05, 0.1) is 0 Å². The first-order valence-corrected chi connectivity index (χ1v) is 15.1. The summed E-state index contributed by atoms with van der Waals surface area (Å²) in [5.41, 5.74) is 9.35. The lowest BCUT2D eigenvalue weighted by atomic mass is 10.0. The first-order valence-electron chi connectivity index (χ1n) is 15.1. The van der Waals surface area contributed by atoms with Crippen molar-refractivity contribution >= 4 is 29.0 Å². The Labute approximate surface area is 274 Å². The van der Waals surface area contributed by atoms with Gasteiger partial charge in [0.15, 0.2) is 0 Å². The second-order valence-electron chi connectivity index (χ2n) is 10.6. The van der Waals surface area contributed by atoms with E-state index in [-0.39, 0.29) is 0 Å². The smallest absolute Gasteiger partial charge is 0.335 e. The standard InChI is InChI=1S/C42H31NO4/c1-3-41(44)46-39-25-17-33(18-26-39)31-13-21-36(22-14-31)43(38-12-8-11-35(29-38)30-9-6-5-7-10-30)37-23-15-32(16-24-37)34-19-27-40(28-20-34)47-42(45)4-2/h3-29H,1-2H2. The Morgan fingerprint density at radius 3 is 1.23 bits per heavy atom. The van der Waals surface area contributed by atoms with Crippen LogP contribution in [0.3, 0.4) is 0 Å². The summed E-state index contributed by atoms with van der Waals surface area (Å²) in [6.45, 7) is 6.89. The molecule has 0 aliphatic rings. The van der Waals surface area contributed by atoms with Gasteiger partial charge < -0.3 is 14.4 Å². The van der Waals surface area contributed by atoms with E-state index in [4.69, 9.17) is 9.47 Å². The van der Waals surface area contributed by atoms with E-state index in [9.17, 15) is 9.59 Å². The van der Waals surface area contributed by atoms with Gasteiger partial charge in [-0.05, 0) is 94.0 Å². The largest absolute Gasteiger partial charge is 0.423 e. The molecule has 0 unspecified atom stereocenters. The summed E-state index contributed by atoms with van der Waals surface area (Å²) < 4.78 is 10.4. The van der Waals surface area contributed by atoms with Gasteiger partial charge in [-0.1, -0.05) is 104 Å². The van der Waals surface area contributed by atoms with Crippen LogP contribution in [0, 0.1) is 0 Å². The summed E-state index contributed by atoms with van der Waals surface area (Å²) in [6, 6.07) is 50.4. The van der Waals surface area contributed by atoms with Crippen LogP contribution < -0.4 is 14.4 Å². The molecule has 0 atom stereocenters. The third kappa shape index (κ3) is 7.27. The Balaban J connectivity index is 1.33. The zero-order valence-corrected chi connectivity index (χ0v) is 25.6. The molecular formula is C42H31NO4. The molecule has 0 bridgehead atoms. The van der Waals surface area contributed by atoms with E-state index in [1.54, 1.807) is 24.3 Å². The van der Waals surface area contributed by atoms with Gasteiger partial charge in [0.25, 0.3) is 0 Å². The van der Waals surface area contributed by atoms with Gasteiger partial charge >= 0.3 is 11.9 Å². The van der Waals surface area contributed by atoms with Crippen LogP contribution in [-0.2, 0) is 9.59 Å². The van der Waals surface area contributed by atoms with Crippen molar-refractivity contribution in [2.24, 2.45) is 0 Å². The minimum absolute atomic E-state index is 0.468. The molecule has 0 saturated carbocycles. The van der Waals surface area contributed by atoms with Crippen LogP contribution in [0.5, 0.6) is 11.5 Å². The first kappa shape index (κ1) is 30.6. The summed E-state index contributed by atoms with van der Waals surface area (Å²) >= 11 is 0. The molecule has 0 radical (unpaired) electrons. The van der Waals surface area contributed by atoms with Gasteiger partial charge in [0.2, 0.25) is 0 Å². The lowest BCUT2D eigenvalue weighted by Gasteiger charge is -2.26. The molecule has 0 N–H and O–H groups in total. The predicted molar refractivity (Wildman–Crippen MR) is 189 cm³/mol. The van der Waals surface area contributed by atoms with Gasteiger partial charge in [-0.2, -0.15) is 0 Å². The lowest BCUT2D eigenvalue weighted by Crippen LogP contribution is -2.10. The van der Waals surface area contributed by atoms with E-state index < -0.39 is 11.9 Å². The summed E-state index contributed by atoms with van der Waals surface area (Å²) in [6.07, 6.45) is 2.29. The molecule has 0 aliphatic heterocycles. The van der Waals surface area contributed by atoms with E-state index in [1.165, 1.54) is 0 Å². The zero-order chi connectivity index (χ0) is 32.6. The van der Waals surface area contributed by atoms with Crippen LogP contribution in [-0.4, -0.2) is 11.9 Å². The summed E-state index contributed by atoms with van der Waals surface area (Å²) in [5.74, 6) is -0.0439. The second kappa shape index (κ2) is 14.1. The van der Waals surface area contributed by atoms with Gasteiger partial charge in [-0.15, -0.1) is 0 Å². The van der Waals surface area contributed by atoms with Crippen molar-refractivity contribution in [1.82, 2.24) is 0 Å². The molecule has 0 aliphatic carbocycles. The number of benzene rings is 6. The van der Waals surface area contributed by atoms with Gasteiger partial charge in [0.1, 0.15) is 11.5 Å². The fourth-order valence-electron chi connectivity index (χ4n) is 5.25. The van der Waals surface area contributed by atoms with E-state index in [0.29, 0.717) is 11.5 Å². The van der Waals surface area contributed by atoms with Crippen LogP contribution in [0.1, 0.15) is 0 Å². The number of carbonyl (C=O) groups is 2. The summed E-state index contributed by atoms with van der Waals surface area (Å²) in [5, 5.41) is 0. The van der Waals surface area contributed by atoms with Gasteiger partial charge in [-0.3, -0.25) is 0 Å². The normalized spacial score (nSPS) is 10.5. The molecule has 228 valence electrons. The van der Waals surface area contributed by atoms with Gasteiger partial charge in [-0.25, -0.2) is 9.59 Å². The van der Waals surface area contributed by atoms with Gasteiger partial charge in [0, 0.05) is 29.2 Å². The summed E-state index contributed by atoms with van der Waals surface area (Å²) in [7, 11) is 0. The lowest BCUT2D eigenvalue weighted by molar-refractivity contribution is -0.129. The quantitative estimate of drug-likeness (QED) is 0.0874. The molecule has 0 fully saturated rings. The van der Waals surface area contributed by atoms with Crippen molar-refractivity contribution in [3.8, 4) is 44.9 Å². The molecule has 6 aromatic carbocycles. The van der Waals surface area contributed by atoms with Crippen molar-refractivity contribution in [3.05, 3.63) is 177 Å². The van der Waals surface area contributed by atoms with Crippen LogP contribution in [0.15, 0.2) is 177 Å². The topological polar surface area (TPSA) is 55.8 Å². The number of carbonyl (C=O) groups excluding carboxylic acids is 2. The highest BCUT2D eigenvalue weighted by Crippen LogP contribution is 2.38. The molecule has 0 aromatic heterocycles. The molecule has 0 amide bonds. The van der Waals surface area contributed by atoms with E-state index >= 15 is 0 Å². The number of rotatable bonds is 10. The highest BCUT2D eigenvalue weighted by Gasteiger charge is 2.15. The minimum atomic E-state index is -0.490. The number of anilines is 3. The van der Waals surface area contributed by atoms with E-state index in [2.05, 4.69) is 103 Å². The van der Waals surface area contributed by atoms with Crippen LogP contribution in [0.2, 0.25) is 0 Å². The van der Waals surface area contributed by atoms with E-state index in [1.807, 2.05) is 42.5 Å². The molecule has 0 heterocycles. The van der Waals surface area contributed by atoms with Crippen molar-refractivity contribution < 1.29 is 19.1 Å². The number of hydrogen-bond donors (Lipinski definition) is 0. The molecule has 47 heavy (non-hydrogen) atoms. The van der Waals surface area contributed by atoms with Crippen LogP contribution >= 0.6 is 0 Å². The molecule has 0 saturated heterocycles. The second-order valence-corrected chi connectivity index (χ2v) is 10.6. The molecular weight excluding hydrogens is 582 g/mol. The first-order chi connectivity index (χ1) is 23.0. The Kier molecular flexibility index (Phi) is 9.17. The molecule has 5 heteroatoms. The average molecular weight is 614 g/mol. The van der Waals surface area contributed by atoms with Crippen molar-refractivity contribution in [3.63, 3.8) is 0 Å². The molecule has 6 rings (SSSR count). The monoisotopic (exact) mass is 613 g/mol. The number of esters is 2. The van der Waals surface area contributed by atoms with E-state index in [0.717, 1.165) is 62.6 Å². The fraction of sp³-hybridized carbons (Fsp3) is 0. The third-order valence-electron chi connectivity index (χ3n) is 7.61. The van der Waals surface area contributed by atoms with Crippen molar-refractivity contribution in [2.75, 3.05) is 4.90 Å². The highest BCUT2D eigenvalue weighted by molar-refractivity contribution is 5.85. The van der Waals surface area contributed by atoms with Crippen molar-refractivity contribution in [2.45, 2.75) is 0 Å². The number of ether oxygens (including phenoxy) is 2. The summed E-state index contributed by atoms with van der Waals surface area (Å²) in [4.78, 5) is 25.3. The molecule has 5 nitrogen and oxygen atoms in total. The maximum absolute atomic E-state index is 11.6. The third-order valence-corrected chi connectivity index (χ3v) is 7.61. The average Bonchev–Trinajstić information content (AvgIpc) is 3.13. The van der Waals surface area contributed by atoms with Crippen LogP contribution in [0.25, 0.3) is 33.4 Å². The predicted octanol–water partition coefficient (Wildman–Crippen LogP) is 10.3. The Bertz CT molecular complexity index is 1900. The van der Waals surface area contributed by atoms with Crippen LogP contribution in [0.4, 0.5) is 17.1 Å². The maximum Gasteiger partial charge on any atom is 0.335 e. The fourth-order valence-corrected chi connectivity index (χ4v) is 5.25. The Morgan fingerprint density at radius 1 is 0.426 bits per heavy atom. The SMILES string of the molecule is C=CC(=O)Oc1ccc(-c2ccc(N(c3ccc(-c4ccc(OC(=O)C=C)cc4)cc3)c3cccc(-c4ccccc4)c3)cc2)cc1. The molecule has 0 spiro atoms. The van der Waals surface area contributed by atoms with Crippen molar-refractivity contribution in [1.29, 1.82) is 0 Å². The molecule has 6 aromatic rings. The maximum atomic E-state index is 11.6.